The van der Waals surface area contributed by atoms with Crippen LogP contribution in [0, 0.1) is 16.7 Å². The van der Waals surface area contributed by atoms with Gasteiger partial charge < -0.3 is 15.5 Å². The molecule has 1 unspecified atom stereocenters. The lowest BCUT2D eigenvalue weighted by atomic mass is 9.68. The molecule has 2 N–H and O–H groups in total. The molecule has 4 nitrogen and oxygen atoms in total. The van der Waals surface area contributed by atoms with Crippen molar-refractivity contribution in [1.29, 1.82) is 0 Å². The first kappa shape index (κ1) is 14.6. The van der Waals surface area contributed by atoms with Gasteiger partial charge in [0.15, 0.2) is 0 Å². The monoisotopic (exact) mass is 267 g/mol. The second kappa shape index (κ2) is 4.97. The Morgan fingerprint density at radius 2 is 1.95 bits per heavy atom. The minimum absolute atomic E-state index is 0.0137. The highest BCUT2D eigenvalue weighted by Crippen LogP contribution is 2.62. The van der Waals surface area contributed by atoms with Crippen molar-refractivity contribution in [3.05, 3.63) is 0 Å². The summed E-state index contributed by atoms with van der Waals surface area (Å²) in [6.45, 7) is 8.79. The third-order valence-corrected chi connectivity index (χ3v) is 5.43. The second-order valence-corrected chi connectivity index (χ2v) is 7.43. The summed E-state index contributed by atoms with van der Waals surface area (Å²) >= 11 is 0. The molecule has 2 aliphatic rings. The summed E-state index contributed by atoms with van der Waals surface area (Å²) in [5, 5.41) is 6.62. The summed E-state index contributed by atoms with van der Waals surface area (Å²) < 4.78 is 0. The Kier molecular flexibility index (Phi) is 3.83. The highest BCUT2D eigenvalue weighted by atomic mass is 16.2. The smallest absolute Gasteiger partial charge is 0.316 e. The van der Waals surface area contributed by atoms with Crippen LogP contribution in [-0.4, -0.2) is 44.2 Å². The first-order valence-corrected chi connectivity index (χ1v) is 7.46. The molecule has 0 aromatic rings. The number of nitrogens with zero attached hydrogens (tertiary/aromatic N) is 1. The van der Waals surface area contributed by atoms with Crippen molar-refractivity contribution in [1.82, 2.24) is 15.5 Å². The average molecular weight is 267 g/mol. The molecule has 2 bridgehead atoms. The number of rotatable bonds is 4. The summed E-state index contributed by atoms with van der Waals surface area (Å²) in [5.74, 6) is 0.867. The van der Waals surface area contributed by atoms with Gasteiger partial charge in [0.05, 0.1) is 0 Å². The molecular formula is C15H29N3O. The number of carbonyl (C=O) groups excluding carboxylic acids is 1. The molecule has 0 spiro atoms. The van der Waals surface area contributed by atoms with Gasteiger partial charge >= 0.3 is 6.03 Å². The molecule has 0 aromatic carbocycles. The summed E-state index contributed by atoms with van der Waals surface area (Å²) in [4.78, 5) is 13.0. The van der Waals surface area contributed by atoms with E-state index >= 15 is 0 Å². The zero-order valence-electron chi connectivity index (χ0n) is 13.0. The SMILES string of the molecule is CN(C)C(=O)NCCNC1C(C)(C)[C@H]2CC[C@]1(C)C2. The standard InChI is InChI=1S/C15H29N3O/c1-14(2)11-6-7-15(3,10-11)12(14)16-8-9-17-13(19)18(4)5/h11-12,16H,6-10H2,1-5H3,(H,17,19)/t11-,12?,15+/m0/s1. The lowest BCUT2D eigenvalue weighted by molar-refractivity contribution is 0.110. The number of fused-ring (bicyclic) bond motifs is 2. The Morgan fingerprint density at radius 3 is 2.47 bits per heavy atom. The van der Waals surface area contributed by atoms with Gasteiger partial charge in [-0.15, -0.1) is 0 Å². The molecule has 0 saturated heterocycles. The average Bonchev–Trinajstić information content (AvgIpc) is 2.78. The first-order valence-electron chi connectivity index (χ1n) is 7.46. The van der Waals surface area contributed by atoms with Gasteiger partial charge in [-0.25, -0.2) is 4.79 Å². The van der Waals surface area contributed by atoms with E-state index in [-0.39, 0.29) is 6.03 Å². The normalized spacial score (nSPS) is 35.4. The van der Waals surface area contributed by atoms with E-state index in [2.05, 4.69) is 31.4 Å². The van der Waals surface area contributed by atoms with Crippen molar-refractivity contribution < 1.29 is 4.79 Å². The van der Waals surface area contributed by atoms with Crippen LogP contribution < -0.4 is 10.6 Å². The third-order valence-electron chi connectivity index (χ3n) is 5.43. The zero-order valence-corrected chi connectivity index (χ0v) is 13.0. The van der Waals surface area contributed by atoms with Crippen molar-refractivity contribution in [3.63, 3.8) is 0 Å². The summed E-state index contributed by atoms with van der Waals surface area (Å²) in [6, 6.07) is 0.565. The molecule has 0 radical (unpaired) electrons. The molecule has 0 aliphatic heterocycles. The van der Waals surface area contributed by atoms with Crippen LogP contribution in [0.3, 0.4) is 0 Å². The van der Waals surface area contributed by atoms with Crippen molar-refractivity contribution in [2.24, 2.45) is 16.7 Å². The zero-order chi connectivity index (χ0) is 14.3. The maximum absolute atomic E-state index is 11.4. The highest BCUT2D eigenvalue weighted by molar-refractivity contribution is 5.73. The van der Waals surface area contributed by atoms with E-state index in [9.17, 15) is 4.79 Å². The maximum Gasteiger partial charge on any atom is 0.316 e. The van der Waals surface area contributed by atoms with E-state index in [4.69, 9.17) is 0 Å². The molecule has 0 aromatic heterocycles. The van der Waals surface area contributed by atoms with Gasteiger partial charge in [0, 0.05) is 33.2 Å². The van der Waals surface area contributed by atoms with Crippen molar-refractivity contribution in [2.75, 3.05) is 27.2 Å². The summed E-state index contributed by atoms with van der Waals surface area (Å²) in [5.41, 5.74) is 0.846. The molecule has 2 rings (SSSR count). The minimum Gasteiger partial charge on any atom is -0.337 e. The number of urea groups is 1. The molecular weight excluding hydrogens is 238 g/mol. The van der Waals surface area contributed by atoms with Crippen LogP contribution in [0.25, 0.3) is 0 Å². The summed E-state index contributed by atoms with van der Waals surface area (Å²) in [7, 11) is 3.53. The third kappa shape index (κ3) is 2.60. The van der Waals surface area contributed by atoms with Crippen LogP contribution in [0.15, 0.2) is 0 Å². The van der Waals surface area contributed by atoms with E-state index in [1.54, 1.807) is 19.0 Å². The second-order valence-electron chi connectivity index (χ2n) is 7.43. The molecule has 2 aliphatic carbocycles. The highest BCUT2D eigenvalue weighted by Gasteiger charge is 2.58. The van der Waals surface area contributed by atoms with Crippen LogP contribution in [-0.2, 0) is 0 Å². The van der Waals surface area contributed by atoms with Crippen molar-refractivity contribution in [3.8, 4) is 0 Å². The number of hydrogen-bond acceptors (Lipinski definition) is 2. The summed E-state index contributed by atoms with van der Waals surface area (Å²) in [6.07, 6.45) is 4.10. The van der Waals surface area contributed by atoms with Gasteiger partial charge in [0.2, 0.25) is 0 Å². The lowest BCUT2D eigenvalue weighted by Crippen LogP contribution is -2.52. The topological polar surface area (TPSA) is 44.4 Å². The first-order chi connectivity index (χ1) is 8.77. The Morgan fingerprint density at radius 1 is 1.26 bits per heavy atom. The fourth-order valence-corrected chi connectivity index (χ4v) is 4.36. The number of carbonyl (C=O) groups is 1. The van der Waals surface area contributed by atoms with E-state index in [0.717, 1.165) is 12.5 Å². The Hall–Kier alpha value is -0.770. The predicted molar refractivity (Wildman–Crippen MR) is 78.1 cm³/mol. The quantitative estimate of drug-likeness (QED) is 0.766. The van der Waals surface area contributed by atoms with Gasteiger partial charge in [-0.2, -0.15) is 0 Å². The van der Waals surface area contributed by atoms with Crippen LogP contribution in [0.1, 0.15) is 40.0 Å². The lowest BCUT2D eigenvalue weighted by Gasteiger charge is -2.43. The van der Waals surface area contributed by atoms with Crippen molar-refractivity contribution in [2.45, 2.75) is 46.1 Å². The van der Waals surface area contributed by atoms with Gasteiger partial charge in [-0.05, 0) is 36.0 Å². The van der Waals surface area contributed by atoms with E-state index in [0.29, 0.717) is 23.4 Å². The number of nitrogens with one attached hydrogen (secondary N) is 2. The fourth-order valence-electron chi connectivity index (χ4n) is 4.36. The van der Waals surface area contributed by atoms with Crippen LogP contribution >= 0.6 is 0 Å². The molecule has 2 fully saturated rings. The predicted octanol–water partition coefficient (Wildman–Crippen LogP) is 2.06. The maximum atomic E-state index is 11.4. The van der Waals surface area contributed by atoms with Gasteiger partial charge in [-0.3, -0.25) is 0 Å². The van der Waals surface area contributed by atoms with Crippen LogP contribution in [0.2, 0.25) is 0 Å². The van der Waals surface area contributed by atoms with Crippen LogP contribution in [0.5, 0.6) is 0 Å². The number of amides is 2. The van der Waals surface area contributed by atoms with E-state index in [1.807, 2.05) is 0 Å². The molecule has 110 valence electrons. The van der Waals surface area contributed by atoms with Gasteiger partial charge in [0.1, 0.15) is 0 Å². The molecule has 4 heteroatoms. The largest absolute Gasteiger partial charge is 0.337 e. The van der Waals surface area contributed by atoms with Gasteiger partial charge in [-0.1, -0.05) is 20.8 Å². The molecule has 19 heavy (non-hydrogen) atoms. The van der Waals surface area contributed by atoms with E-state index < -0.39 is 0 Å². The molecule has 2 saturated carbocycles. The number of hydrogen-bond donors (Lipinski definition) is 2. The van der Waals surface area contributed by atoms with Gasteiger partial charge in [0.25, 0.3) is 0 Å². The van der Waals surface area contributed by atoms with E-state index in [1.165, 1.54) is 19.3 Å². The Balaban J connectivity index is 1.81. The minimum atomic E-state index is -0.0137. The fraction of sp³-hybridized carbons (Fsp3) is 0.933. The molecule has 2 amide bonds. The van der Waals surface area contributed by atoms with Crippen LogP contribution in [0.4, 0.5) is 4.79 Å². The van der Waals surface area contributed by atoms with Crippen molar-refractivity contribution >= 4 is 6.03 Å². The molecule has 0 heterocycles. The Bertz CT molecular complexity index is 349. The molecule has 3 atom stereocenters. The Labute approximate surface area is 117 Å².